The number of halogens is 1. The molecule has 1 heterocycles. The molecule has 0 spiro atoms. The van der Waals surface area contributed by atoms with Crippen molar-refractivity contribution >= 4 is 0 Å². The van der Waals surface area contributed by atoms with Gasteiger partial charge in [-0.3, -0.25) is 4.98 Å². The maximum absolute atomic E-state index is 13.0. The van der Waals surface area contributed by atoms with Crippen LogP contribution in [0.5, 0.6) is 0 Å². The molecule has 1 unspecified atom stereocenters. The Bertz CT molecular complexity index is 425. The third-order valence-electron chi connectivity index (χ3n) is 4.42. The summed E-state index contributed by atoms with van der Waals surface area (Å²) in [6.45, 7) is 4.80. The summed E-state index contributed by atoms with van der Waals surface area (Å²) in [5.74, 6) is 0.0148. The molecule has 2 N–H and O–H groups in total. The average Bonchev–Trinajstić information content (AvgIpc) is 2.66. The van der Waals surface area contributed by atoms with Gasteiger partial charge in [-0.25, -0.2) is 4.39 Å². The monoisotopic (exact) mass is 294 g/mol. The van der Waals surface area contributed by atoms with Gasteiger partial charge in [-0.05, 0) is 30.9 Å². The summed E-state index contributed by atoms with van der Waals surface area (Å²) in [5, 5.41) is 14.2. The van der Waals surface area contributed by atoms with Gasteiger partial charge in [0, 0.05) is 6.54 Å². The zero-order valence-electron chi connectivity index (χ0n) is 13.1. The Morgan fingerprint density at radius 3 is 2.43 bits per heavy atom. The Balaban J connectivity index is 2.01. The normalized spacial score (nSPS) is 20.2. The van der Waals surface area contributed by atoms with Crippen molar-refractivity contribution in [1.82, 2.24) is 10.3 Å². The standard InChI is InChI=1S/C17H27FN2O/c1-13(2)16(15-8-7-14(18)11-19-15)20-12-17(21)9-5-3-4-6-10-17/h7-8,11,13,16,20-21H,3-6,9-10,12H2,1-2H3. The van der Waals surface area contributed by atoms with Crippen LogP contribution >= 0.6 is 0 Å². The Kier molecular flexibility index (Phi) is 5.71. The van der Waals surface area contributed by atoms with Crippen LogP contribution in [0, 0.1) is 11.7 Å². The molecule has 0 aliphatic heterocycles. The molecule has 1 fully saturated rings. The van der Waals surface area contributed by atoms with Crippen LogP contribution in [-0.4, -0.2) is 22.2 Å². The lowest BCUT2D eigenvalue weighted by Gasteiger charge is -2.31. The Hall–Kier alpha value is -1.00. The van der Waals surface area contributed by atoms with E-state index in [1.54, 1.807) is 6.07 Å². The average molecular weight is 294 g/mol. The Morgan fingerprint density at radius 2 is 1.90 bits per heavy atom. The Morgan fingerprint density at radius 1 is 1.24 bits per heavy atom. The van der Waals surface area contributed by atoms with Crippen molar-refractivity contribution in [2.24, 2.45) is 5.92 Å². The van der Waals surface area contributed by atoms with Crippen LogP contribution < -0.4 is 5.32 Å². The maximum atomic E-state index is 13.0. The molecule has 0 aromatic carbocycles. The number of aromatic nitrogens is 1. The summed E-state index contributed by atoms with van der Waals surface area (Å²) in [5.41, 5.74) is 0.229. The number of hydrogen-bond acceptors (Lipinski definition) is 3. The minimum Gasteiger partial charge on any atom is -0.389 e. The lowest BCUT2D eigenvalue weighted by atomic mass is 9.92. The van der Waals surface area contributed by atoms with Crippen LogP contribution in [0.1, 0.15) is 64.1 Å². The molecule has 1 aliphatic carbocycles. The maximum Gasteiger partial charge on any atom is 0.141 e. The van der Waals surface area contributed by atoms with Crippen LogP contribution in [0.25, 0.3) is 0 Å². The van der Waals surface area contributed by atoms with E-state index >= 15 is 0 Å². The van der Waals surface area contributed by atoms with Crippen molar-refractivity contribution in [2.75, 3.05) is 6.54 Å². The van der Waals surface area contributed by atoms with Gasteiger partial charge >= 0.3 is 0 Å². The van der Waals surface area contributed by atoms with E-state index in [4.69, 9.17) is 0 Å². The second kappa shape index (κ2) is 7.32. The van der Waals surface area contributed by atoms with E-state index in [9.17, 15) is 9.50 Å². The van der Waals surface area contributed by atoms with Crippen molar-refractivity contribution in [3.8, 4) is 0 Å². The first-order valence-electron chi connectivity index (χ1n) is 8.07. The van der Waals surface area contributed by atoms with Gasteiger partial charge in [0.25, 0.3) is 0 Å². The second-order valence-electron chi connectivity index (χ2n) is 6.64. The fraction of sp³-hybridized carbons (Fsp3) is 0.706. The van der Waals surface area contributed by atoms with Gasteiger partial charge in [-0.2, -0.15) is 0 Å². The van der Waals surface area contributed by atoms with Gasteiger partial charge < -0.3 is 10.4 Å². The molecule has 1 saturated carbocycles. The minimum absolute atomic E-state index is 0.0397. The van der Waals surface area contributed by atoms with Gasteiger partial charge in [0.1, 0.15) is 5.82 Å². The first kappa shape index (κ1) is 16.4. The lowest BCUT2D eigenvalue weighted by molar-refractivity contribution is 0.0211. The first-order valence-corrected chi connectivity index (χ1v) is 8.07. The highest BCUT2D eigenvalue weighted by atomic mass is 19.1. The largest absolute Gasteiger partial charge is 0.389 e. The highest BCUT2D eigenvalue weighted by Crippen LogP contribution is 2.28. The molecule has 0 amide bonds. The number of pyridine rings is 1. The molecule has 118 valence electrons. The molecule has 1 aromatic heterocycles. The van der Waals surface area contributed by atoms with E-state index in [-0.39, 0.29) is 11.9 Å². The van der Waals surface area contributed by atoms with Crippen molar-refractivity contribution < 1.29 is 9.50 Å². The van der Waals surface area contributed by atoms with Gasteiger partial charge in [0.2, 0.25) is 0 Å². The van der Waals surface area contributed by atoms with Gasteiger partial charge in [0.15, 0.2) is 0 Å². The lowest BCUT2D eigenvalue weighted by Crippen LogP contribution is -2.42. The summed E-state index contributed by atoms with van der Waals surface area (Å²) in [4.78, 5) is 4.19. The summed E-state index contributed by atoms with van der Waals surface area (Å²) in [7, 11) is 0. The molecule has 0 bridgehead atoms. The van der Waals surface area contributed by atoms with Crippen LogP contribution in [-0.2, 0) is 0 Å². The predicted octanol–water partition coefficient (Wildman–Crippen LogP) is 3.59. The molecule has 1 atom stereocenters. The SMILES string of the molecule is CC(C)C(NCC1(O)CCCCCC1)c1ccc(F)cn1. The zero-order valence-corrected chi connectivity index (χ0v) is 13.1. The Labute approximate surface area is 127 Å². The number of aliphatic hydroxyl groups is 1. The molecule has 1 aliphatic rings. The van der Waals surface area contributed by atoms with E-state index in [0.29, 0.717) is 12.5 Å². The molecule has 0 saturated heterocycles. The molecule has 3 nitrogen and oxygen atoms in total. The minimum atomic E-state index is -0.607. The van der Waals surface area contributed by atoms with Crippen LogP contribution in [0.4, 0.5) is 4.39 Å². The number of nitrogens with zero attached hydrogens (tertiary/aromatic N) is 1. The third kappa shape index (κ3) is 4.75. The van der Waals surface area contributed by atoms with Crippen LogP contribution in [0.15, 0.2) is 18.3 Å². The molecule has 1 aromatic rings. The quantitative estimate of drug-likeness (QED) is 0.816. The van der Waals surface area contributed by atoms with Gasteiger partial charge in [-0.1, -0.05) is 39.5 Å². The zero-order chi connectivity index (χ0) is 15.3. The smallest absolute Gasteiger partial charge is 0.141 e. The first-order chi connectivity index (χ1) is 10.0. The molecule has 21 heavy (non-hydrogen) atoms. The van der Waals surface area contributed by atoms with Crippen molar-refractivity contribution in [3.63, 3.8) is 0 Å². The van der Waals surface area contributed by atoms with Crippen molar-refractivity contribution in [3.05, 3.63) is 29.8 Å². The highest BCUT2D eigenvalue weighted by Gasteiger charge is 2.29. The van der Waals surface area contributed by atoms with Crippen LogP contribution in [0.2, 0.25) is 0 Å². The molecular formula is C17H27FN2O. The van der Waals surface area contributed by atoms with E-state index in [0.717, 1.165) is 31.4 Å². The molecule has 4 heteroatoms. The summed E-state index contributed by atoms with van der Waals surface area (Å²) < 4.78 is 13.0. The van der Waals surface area contributed by atoms with E-state index in [1.165, 1.54) is 25.1 Å². The fourth-order valence-corrected chi connectivity index (χ4v) is 3.12. The van der Waals surface area contributed by atoms with E-state index in [2.05, 4.69) is 24.1 Å². The van der Waals surface area contributed by atoms with Crippen LogP contribution in [0.3, 0.4) is 0 Å². The highest BCUT2D eigenvalue weighted by molar-refractivity contribution is 5.11. The molecule has 2 rings (SSSR count). The number of nitrogens with one attached hydrogen (secondary N) is 1. The van der Waals surface area contributed by atoms with Gasteiger partial charge in [-0.15, -0.1) is 0 Å². The summed E-state index contributed by atoms with van der Waals surface area (Å²) in [6, 6.07) is 3.21. The van der Waals surface area contributed by atoms with E-state index < -0.39 is 5.60 Å². The second-order valence-corrected chi connectivity index (χ2v) is 6.64. The molecule has 0 radical (unpaired) electrons. The number of rotatable bonds is 5. The third-order valence-corrected chi connectivity index (χ3v) is 4.42. The molecular weight excluding hydrogens is 267 g/mol. The van der Waals surface area contributed by atoms with E-state index in [1.807, 2.05) is 0 Å². The van der Waals surface area contributed by atoms with Crippen molar-refractivity contribution in [2.45, 2.75) is 64.0 Å². The van der Waals surface area contributed by atoms with Gasteiger partial charge in [0.05, 0.1) is 23.5 Å². The summed E-state index contributed by atoms with van der Waals surface area (Å²) in [6.07, 6.45) is 7.61. The summed E-state index contributed by atoms with van der Waals surface area (Å²) >= 11 is 0. The number of hydrogen-bond donors (Lipinski definition) is 2. The predicted molar refractivity (Wildman–Crippen MR) is 82.4 cm³/mol. The van der Waals surface area contributed by atoms with Crippen molar-refractivity contribution in [1.29, 1.82) is 0 Å². The fourth-order valence-electron chi connectivity index (χ4n) is 3.12. The topological polar surface area (TPSA) is 45.1 Å².